The number of amides is 1. The van der Waals surface area contributed by atoms with Gasteiger partial charge in [-0.15, -0.1) is 0 Å². The third-order valence-electron chi connectivity index (χ3n) is 6.27. The zero-order valence-electron chi connectivity index (χ0n) is 18.4. The van der Waals surface area contributed by atoms with Gasteiger partial charge in [-0.2, -0.15) is 10.4 Å². The van der Waals surface area contributed by atoms with Crippen molar-refractivity contribution in [2.45, 2.75) is 71.8 Å². The van der Waals surface area contributed by atoms with Crippen molar-refractivity contribution in [3.05, 3.63) is 52.6 Å². The largest absolute Gasteiger partial charge is 0.294 e. The fourth-order valence-corrected chi connectivity index (χ4v) is 4.56. The molecule has 160 valence electrons. The summed E-state index contributed by atoms with van der Waals surface area (Å²) in [5.41, 5.74) is 4.89. The van der Waals surface area contributed by atoms with Crippen LogP contribution in [0.4, 0.5) is 5.82 Å². The highest BCUT2D eigenvalue weighted by Gasteiger charge is 2.28. The lowest BCUT2D eigenvalue weighted by molar-refractivity contribution is -0.119. The maximum atomic E-state index is 13.4. The lowest BCUT2D eigenvalue weighted by Gasteiger charge is -2.34. The SMILES string of the molecule is Cc1ccc(N(C(=O)CCc2c(C)nc3c(C#N)cnn3c2C)C2CCCCC2)nc1. The van der Waals surface area contributed by atoms with Gasteiger partial charge >= 0.3 is 0 Å². The van der Waals surface area contributed by atoms with Gasteiger partial charge in [-0.1, -0.05) is 25.3 Å². The summed E-state index contributed by atoms with van der Waals surface area (Å²) in [7, 11) is 0. The van der Waals surface area contributed by atoms with Gasteiger partial charge in [0.1, 0.15) is 17.5 Å². The zero-order valence-corrected chi connectivity index (χ0v) is 18.4. The van der Waals surface area contributed by atoms with Crippen LogP contribution in [0.3, 0.4) is 0 Å². The molecule has 3 heterocycles. The summed E-state index contributed by atoms with van der Waals surface area (Å²) in [6.45, 7) is 5.91. The van der Waals surface area contributed by atoms with Crippen LogP contribution in [0.5, 0.6) is 0 Å². The number of hydrogen-bond donors (Lipinski definition) is 0. The molecule has 4 rings (SSSR count). The molecule has 31 heavy (non-hydrogen) atoms. The van der Waals surface area contributed by atoms with E-state index >= 15 is 0 Å². The molecule has 0 radical (unpaired) electrons. The summed E-state index contributed by atoms with van der Waals surface area (Å²) in [6.07, 6.45) is 9.92. The Morgan fingerprint density at radius 1 is 1.19 bits per heavy atom. The molecule has 0 aromatic carbocycles. The Bertz CT molecular complexity index is 1140. The first-order chi connectivity index (χ1) is 15.0. The van der Waals surface area contributed by atoms with Crippen LogP contribution in [0.25, 0.3) is 5.65 Å². The van der Waals surface area contributed by atoms with Gasteiger partial charge in [0.15, 0.2) is 5.65 Å². The summed E-state index contributed by atoms with van der Waals surface area (Å²) in [5, 5.41) is 13.6. The number of aromatic nitrogens is 4. The molecule has 3 aromatic rings. The fourth-order valence-electron chi connectivity index (χ4n) is 4.56. The van der Waals surface area contributed by atoms with Crippen LogP contribution in [0.1, 0.15) is 66.6 Å². The number of rotatable bonds is 5. The molecular formula is C24H28N6O. The van der Waals surface area contributed by atoms with E-state index in [1.807, 2.05) is 44.0 Å². The molecule has 0 saturated heterocycles. The highest BCUT2D eigenvalue weighted by Crippen LogP contribution is 2.28. The summed E-state index contributed by atoms with van der Waals surface area (Å²) in [5.74, 6) is 0.843. The van der Waals surface area contributed by atoms with E-state index in [0.717, 1.165) is 54.0 Å². The number of nitrogens with zero attached hydrogens (tertiary/aromatic N) is 6. The first-order valence-electron chi connectivity index (χ1n) is 11.0. The van der Waals surface area contributed by atoms with Crippen molar-refractivity contribution in [2.75, 3.05) is 4.90 Å². The van der Waals surface area contributed by atoms with E-state index in [9.17, 15) is 10.1 Å². The second-order valence-electron chi connectivity index (χ2n) is 8.42. The topological polar surface area (TPSA) is 87.2 Å². The van der Waals surface area contributed by atoms with Crippen molar-refractivity contribution < 1.29 is 4.79 Å². The van der Waals surface area contributed by atoms with E-state index in [1.54, 1.807) is 4.52 Å². The lowest BCUT2D eigenvalue weighted by Crippen LogP contribution is -2.42. The van der Waals surface area contributed by atoms with Crippen LogP contribution >= 0.6 is 0 Å². The minimum atomic E-state index is 0.0975. The molecule has 0 bridgehead atoms. The number of anilines is 1. The molecule has 0 aliphatic heterocycles. The quantitative estimate of drug-likeness (QED) is 0.621. The van der Waals surface area contributed by atoms with E-state index in [4.69, 9.17) is 0 Å². The highest BCUT2D eigenvalue weighted by molar-refractivity contribution is 5.93. The summed E-state index contributed by atoms with van der Waals surface area (Å²) >= 11 is 0. The van der Waals surface area contributed by atoms with Gasteiger partial charge in [-0.25, -0.2) is 14.5 Å². The van der Waals surface area contributed by atoms with Crippen LogP contribution in [-0.4, -0.2) is 31.5 Å². The van der Waals surface area contributed by atoms with Gasteiger partial charge in [-0.3, -0.25) is 9.69 Å². The Kier molecular flexibility index (Phi) is 5.99. The second kappa shape index (κ2) is 8.84. The van der Waals surface area contributed by atoms with Crippen molar-refractivity contribution >= 4 is 17.4 Å². The van der Waals surface area contributed by atoms with Gasteiger partial charge in [0.05, 0.1) is 6.20 Å². The Balaban J connectivity index is 1.59. The van der Waals surface area contributed by atoms with Gasteiger partial charge in [-0.05, 0) is 57.2 Å². The average molecular weight is 417 g/mol. The van der Waals surface area contributed by atoms with Gasteiger partial charge in [0.25, 0.3) is 0 Å². The predicted octanol–water partition coefficient (Wildman–Crippen LogP) is 4.22. The Hall–Kier alpha value is -3.27. The highest BCUT2D eigenvalue weighted by atomic mass is 16.2. The van der Waals surface area contributed by atoms with E-state index in [-0.39, 0.29) is 11.9 Å². The van der Waals surface area contributed by atoms with Crippen molar-refractivity contribution in [2.24, 2.45) is 0 Å². The van der Waals surface area contributed by atoms with Crippen LogP contribution in [0.2, 0.25) is 0 Å². The predicted molar refractivity (Wildman–Crippen MR) is 119 cm³/mol. The number of carbonyl (C=O) groups excluding carboxylic acids is 1. The van der Waals surface area contributed by atoms with E-state index in [2.05, 4.69) is 21.1 Å². The minimum Gasteiger partial charge on any atom is -0.294 e. The smallest absolute Gasteiger partial charge is 0.228 e. The molecule has 0 spiro atoms. The molecule has 0 N–H and O–H groups in total. The summed E-state index contributed by atoms with van der Waals surface area (Å²) < 4.78 is 1.70. The Morgan fingerprint density at radius 2 is 1.97 bits per heavy atom. The van der Waals surface area contributed by atoms with Gasteiger partial charge in [0.2, 0.25) is 5.91 Å². The summed E-state index contributed by atoms with van der Waals surface area (Å²) in [6, 6.07) is 6.32. The van der Waals surface area contributed by atoms with Gasteiger partial charge in [0, 0.05) is 30.0 Å². The monoisotopic (exact) mass is 416 g/mol. The average Bonchev–Trinajstić information content (AvgIpc) is 3.19. The van der Waals surface area contributed by atoms with Crippen LogP contribution in [-0.2, 0) is 11.2 Å². The maximum absolute atomic E-state index is 13.4. The fraction of sp³-hybridized carbons (Fsp3) is 0.458. The Labute approximate surface area is 182 Å². The molecular weight excluding hydrogens is 388 g/mol. The summed E-state index contributed by atoms with van der Waals surface area (Å²) in [4.78, 5) is 24.5. The maximum Gasteiger partial charge on any atom is 0.228 e. The van der Waals surface area contributed by atoms with Crippen molar-refractivity contribution in [1.82, 2.24) is 19.6 Å². The molecule has 1 fully saturated rings. The van der Waals surface area contributed by atoms with Crippen molar-refractivity contribution in [1.29, 1.82) is 5.26 Å². The molecule has 1 aliphatic carbocycles. The second-order valence-corrected chi connectivity index (χ2v) is 8.42. The van der Waals surface area contributed by atoms with Crippen molar-refractivity contribution in [3.8, 4) is 6.07 Å². The first kappa shape index (κ1) is 21.0. The number of aryl methyl sites for hydroxylation is 3. The normalized spacial score (nSPS) is 14.5. The van der Waals surface area contributed by atoms with Crippen LogP contribution < -0.4 is 4.90 Å². The lowest BCUT2D eigenvalue weighted by atomic mass is 9.93. The first-order valence-corrected chi connectivity index (χ1v) is 11.0. The van der Waals surface area contributed by atoms with Crippen LogP contribution in [0, 0.1) is 32.1 Å². The Morgan fingerprint density at radius 3 is 2.65 bits per heavy atom. The third-order valence-corrected chi connectivity index (χ3v) is 6.27. The molecule has 0 atom stereocenters. The molecule has 7 nitrogen and oxygen atoms in total. The molecule has 0 unspecified atom stereocenters. The molecule has 1 amide bonds. The number of nitriles is 1. The van der Waals surface area contributed by atoms with Crippen LogP contribution in [0.15, 0.2) is 24.5 Å². The number of pyridine rings is 1. The van der Waals surface area contributed by atoms with E-state index in [1.165, 1.54) is 12.6 Å². The minimum absolute atomic E-state index is 0.0975. The van der Waals surface area contributed by atoms with E-state index in [0.29, 0.717) is 24.1 Å². The van der Waals surface area contributed by atoms with Gasteiger partial charge < -0.3 is 0 Å². The molecule has 7 heteroatoms. The number of hydrogen-bond acceptors (Lipinski definition) is 5. The van der Waals surface area contributed by atoms with Crippen molar-refractivity contribution in [3.63, 3.8) is 0 Å². The standard InChI is InChI=1S/C24H28N6O/c1-16-9-11-22(26-14-16)29(20-7-5-4-6-8-20)23(31)12-10-21-17(2)28-24-19(13-25)15-27-30(24)18(21)3/h9,11,14-15,20H,4-8,10,12H2,1-3H3. The molecule has 3 aromatic heterocycles. The third kappa shape index (κ3) is 4.15. The number of carbonyl (C=O) groups is 1. The molecule has 1 aliphatic rings. The molecule has 1 saturated carbocycles. The number of fused-ring (bicyclic) bond motifs is 1. The zero-order chi connectivity index (χ0) is 22.0. The van der Waals surface area contributed by atoms with E-state index < -0.39 is 0 Å².